The second-order valence-electron chi connectivity index (χ2n) is 8.69. The Bertz CT molecular complexity index is 837. The molecule has 3 heterocycles. The minimum absolute atomic E-state index is 0.0668. The van der Waals surface area contributed by atoms with E-state index in [9.17, 15) is 4.79 Å². The van der Waals surface area contributed by atoms with Crippen LogP contribution in [0.4, 0.5) is 0 Å². The first-order valence-electron chi connectivity index (χ1n) is 11.3. The van der Waals surface area contributed by atoms with Gasteiger partial charge in [0, 0.05) is 58.6 Å². The molecule has 2 aromatic rings. The highest BCUT2D eigenvalue weighted by molar-refractivity contribution is 5.94. The topological polar surface area (TPSA) is 53.3 Å². The number of amides is 1. The van der Waals surface area contributed by atoms with Gasteiger partial charge < -0.3 is 14.0 Å². The third-order valence-electron chi connectivity index (χ3n) is 6.62. The molecule has 2 aliphatic rings. The van der Waals surface area contributed by atoms with E-state index in [1.54, 1.807) is 7.11 Å². The molecule has 0 bridgehead atoms. The van der Waals surface area contributed by atoms with Crippen LogP contribution >= 0.6 is 0 Å². The lowest BCUT2D eigenvalue weighted by Gasteiger charge is -2.40. The Kier molecular flexibility index (Phi) is 7.02. The fourth-order valence-corrected chi connectivity index (χ4v) is 4.84. The van der Waals surface area contributed by atoms with Gasteiger partial charge in [0.25, 0.3) is 5.91 Å². The lowest BCUT2D eigenvalue weighted by Crippen LogP contribution is -2.52. The molecule has 0 unspecified atom stereocenters. The van der Waals surface area contributed by atoms with Crippen molar-refractivity contribution in [2.24, 2.45) is 0 Å². The van der Waals surface area contributed by atoms with Gasteiger partial charge >= 0.3 is 0 Å². The minimum Gasteiger partial charge on any atom is -0.383 e. The van der Waals surface area contributed by atoms with Crippen molar-refractivity contribution in [2.75, 3.05) is 53.5 Å². The van der Waals surface area contributed by atoms with E-state index in [0.29, 0.717) is 18.8 Å². The molecule has 0 N–H and O–H groups in total. The molecule has 4 rings (SSSR count). The molecule has 164 valence electrons. The van der Waals surface area contributed by atoms with E-state index in [4.69, 9.17) is 9.72 Å². The SMILES string of the molecule is COCCN(C)Cc1c(C(=O)N2CCN(C3CCCCC3)CC2)nc2ccccn12. The highest BCUT2D eigenvalue weighted by Gasteiger charge is 2.30. The normalized spacial score (nSPS) is 19.1. The smallest absolute Gasteiger partial charge is 0.274 e. The summed E-state index contributed by atoms with van der Waals surface area (Å²) in [4.78, 5) is 25.0. The largest absolute Gasteiger partial charge is 0.383 e. The molecular weight excluding hydrogens is 378 g/mol. The van der Waals surface area contributed by atoms with Gasteiger partial charge in [-0.1, -0.05) is 25.3 Å². The first-order chi connectivity index (χ1) is 14.7. The van der Waals surface area contributed by atoms with Gasteiger partial charge in [0.1, 0.15) is 5.65 Å². The molecule has 0 aromatic carbocycles. The third-order valence-corrected chi connectivity index (χ3v) is 6.62. The molecule has 0 radical (unpaired) electrons. The standard InChI is InChI=1S/C23H35N5O2/c1-25(16-17-30-2)18-20-22(24-21-10-6-7-11-28(20)21)23(29)27-14-12-26(13-15-27)19-8-4-3-5-9-19/h6-7,10-11,19H,3-5,8-9,12-18H2,1-2H3. The van der Waals surface area contributed by atoms with Crippen molar-refractivity contribution in [1.82, 2.24) is 24.1 Å². The van der Waals surface area contributed by atoms with Crippen LogP contribution in [-0.2, 0) is 11.3 Å². The Labute approximate surface area is 179 Å². The Hall–Kier alpha value is -1.96. The second-order valence-corrected chi connectivity index (χ2v) is 8.69. The van der Waals surface area contributed by atoms with E-state index in [1.807, 2.05) is 29.3 Å². The van der Waals surface area contributed by atoms with E-state index in [2.05, 4.69) is 21.2 Å². The molecule has 0 atom stereocenters. The summed E-state index contributed by atoms with van der Waals surface area (Å²) in [6, 6.07) is 6.65. The summed E-state index contributed by atoms with van der Waals surface area (Å²) in [5.41, 5.74) is 2.39. The van der Waals surface area contributed by atoms with Crippen LogP contribution < -0.4 is 0 Å². The molecule has 1 aliphatic heterocycles. The van der Waals surface area contributed by atoms with Crippen LogP contribution in [0.5, 0.6) is 0 Å². The summed E-state index contributed by atoms with van der Waals surface area (Å²) in [6.07, 6.45) is 8.72. The molecule has 2 aromatic heterocycles. The zero-order valence-corrected chi connectivity index (χ0v) is 18.4. The van der Waals surface area contributed by atoms with Gasteiger partial charge in [-0.2, -0.15) is 0 Å². The van der Waals surface area contributed by atoms with Crippen LogP contribution in [0.2, 0.25) is 0 Å². The summed E-state index contributed by atoms with van der Waals surface area (Å²) in [5.74, 6) is 0.0668. The monoisotopic (exact) mass is 413 g/mol. The maximum absolute atomic E-state index is 13.5. The Morgan fingerprint density at radius 1 is 1.17 bits per heavy atom. The first-order valence-corrected chi connectivity index (χ1v) is 11.3. The van der Waals surface area contributed by atoms with Crippen molar-refractivity contribution in [2.45, 2.75) is 44.7 Å². The fourth-order valence-electron chi connectivity index (χ4n) is 4.84. The Balaban J connectivity index is 1.48. The van der Waals surface area contributed by atoms with Crippen molar-refractivity contribution >= 4 is 11.6 Å². The number of carbonyl (C=O) groups excluding carboxylic acids is 1. The fraction of sp³-hybridized carbons (Fsp3) is 0.652. The minimum atomic E-state index is 0.0668. The average molecular weight is 414 g/mol. The third kappa shape index (κ3) is 4.68. The number of ether oxygens (including phenoxy) is 1. The summed E-state index contributed by atoms with van der Waals surface area (Å²) in [5, 5.41) is 0. The van der Waals surface area contributed by atoms with Crippen molar-refractivity contribution in [1.29, 1.82) is 0 Å². The molecule has 1 saturated carbocycles. The number of nitrogens with zero attached hydrogens (tertiary/aromatic N) is 5. The first kappa shape index (κ1) is 21.3. The lowest BCUT2D eigenvalue weighted by molar-refractivity contribution is 0.0517. The molecule has 1 amide bonds. The summed E-state index contributed by atoms with van der Waals surface area (Å²) < 4.78 is 7.26. The van der Waals surface area contributed by atoms with Crippen LogP contribution in [0.3, 0.4) is 0 Å². The molecule has 2 fully saturated rings. The van der Waals surface area contributed by atoms with Gasteiger partial charge in [-0.05, 0) is 32.0 Å². The highest BCUT2D eigenvalue weighted by Crippen LogP contribution is 2.24. The second kappa shape index (κ2) is 9.90. The number of piperazine rings is 1. The molecule has 1 saturated heterocycles. The predicted octanol–water partition coefficient (Wildman–Crippen LogP) is 2.50. The molecular formula is C23H35N5O2. The van der Waals surface area contributed by atoms with Gasteiger partial charge in [0.2, 0.25) is 0 Å². The van der Waals surface area contributed by atoms with Gasteiger partial charge in [0.15, 0.2) is 5.69 Å². The number of fused-ring (bicyclic) bond motifs is 1. The van der Waals surface area contributed by atoms with Gasteiger partial charge in [-0.15, -0.1) is 0 Å². The zero-order chi connectivity index (χ0) is 20.9. The maximum Gasteiger partial charge on any atom is 0.274 e. The Morgan fingerprint density at radius 2 is 1.93 bits per heavy atom. The number of likely N-dealkylation sites (N-methyl/N-ethyl adjacent to an activating group) is 1. The molecule has 30 heavy (non-hydrogen) atoms. The highest BCUT2D eigenvalue weighted by atomic mass is 16.5. The van der Waals surface area contributed by atoms with Gasteiger partial charge in [0.05, 0.1) is 12.3 Å². The van der Waals surface area contributed by atoms with Gasteiger partial charge in [-0.25, -0.2) is 4.98 Å². The van der Waals surface area contributed by atoms with E-state index in [-0.39, 0.29) is 5.91 Å². The number of carbonyl (C=O) groups is 1. The van der Waals surface area contributed by atoms with Crippen LogP contribution in [0.15, 0.2) is 24.4 Å². The zero-order valence-electron chi connectivity index (χ0n) is 18.4. The lowest BCUT2D eigenvalue weighted by atomic mass is 9.94. The van der Waals surface area contributed by atoms with Crippen molar-refractivity contribution in [3.8, 4) is 0 Å². The van der Waals surface area contributed by atoms with Crippen molar-refractivity contribution in [3.63, 3.8) is 0 Å². The maximum atomic E-state index is 13.5. The molecule has 7 nitrogen and oxygen atoms in total. The number of rotatable bonds is 7. The molecule has 7 heteroatoms. The number of hydrogen-bond acceptors (Lipinski definition) is 5. The predicted molar refractivity (Wildman–Crippen MR) is 118 cm³/mol. The van der Waals surface area contributed by atoms with Crippen LogP contribution in [0, 0.1) is 0 Å². The number of pyridine rings is 1. The van der Waals surface area contributed by atoms with Crippen LogP contribution in [0.25, 0.3) is 5.65 Å². The number of aromatic nitrogens is 2. The van der Waals surface area contributed by atoms with E-state index in [0.717, 1.165) is 50.1 Å². The Morgan fingerprint density at radius 3 is 2.67 bits per heavy atom. The van der Waals surface area contributed by atoms with E-state index >= 15 is 0 Å². The van der Waals surface area contributed by atoms with Crippen LogP contribution in [0.1, 0.15) is 48.3 Å². The van der Waals surface area contributed by atoms with E-state index in [1.165, 1.54) is 32.1 Å². The molecule has 1 aliphatic carbocycles. The summed E-state index contributed by atoms with van der Waals surface area (Å²) in [7, 11) is 3.77. The van der Waals surface area contributed by atoms with Crippen LogP contribution in [-0.4, -0.2) is 89.5 Å². The average Bonchev–Trinajstić information content (AvgIpc) is 3.16. The quantitative estimate of drug-likeness (QED) is 0.698. The summed E-state index contributed by atoms with van der Waals surface area (Å²) in [6.45, 7) is 5.69. The van der Waals surface area contributed by atoms with E-state index < -0.39 is 0 Å². The number of imidazole rings is 1. The summed E-state index contributed by atoms with van der Waals surface area (Å²) >= 11 is 0. The van der Waals surface area contributed by atoms with Crippen molar-refractivity contribution < 1.29 is 9.53 Å². The van der Waals surface area contributed by atoms with Gasteiger partial charge in [-0.3, -0.25) is 14.6 Å². The number of hydrogen-bond donors (Lipinski definition) is 0. The number of methoxy groups -OCH3 is 1. The van der Waals surface area contributed by atoms with Crippen molar-refractivity contribution in [3.05, 3.63) is 35.8 Å². The molecule has 0 spiro atoms.